The molecular formula is C17H21O4P. The van der Waals surface area contributed by atoms with E-state index < -0.39 is 7.60 Å². The minimum atomic E-state index is -3.36. The van der Waals surface area contributed by atoms with Crippen LogP contribution in [-0.4, -0.2) is 20.3 Å². The fourth-order valence-electron chi connectivity index (χ4n) is 2.32. The van der Waals surface area contributed by atoms with Gasteiger partial charge in [0.1, 0.15) is 5.75 Å². The zero-order chi connectivity index (χ0) is 16.0. The Balaban J connectivity index is 2.62. The normalized spacial score (nSPS) is 11.4. The summed E-state index contributed by atoms with van der Waals surface area (Å²) in [4.78, 5) is 0. The van der Waals surface area contributed by atoms with E-state index in [1.54, 1.807) is 27.0 Å². The van der Waals surface area contributed by atoms with E-state index in [0.29, 0.717) is 18.5 Å². The third kappa shape index (κ3) is 3.41. The van der Waals surface area contributed by atoms with Gasteiger partial charge >= 0.3 is 7.60 Å². The van der Waals surface area contributed by atoms with Gasteiger partial charge < -0.3 is 13.8 Å². The molecule has 0 N–H and O–H groups in total. The summed E-state index contributed by atoms with van der Waals surface area (Å²) in [6.45, 7) is 4.24. The lowest BCUT2D eigenvalue weighted by molar-refractivity contribution is 0.230. The molecule has 0 unspecified atom stereocenters. The van der Waals surface area contributed by atoms with E-state index in [1.165, 1.54) is 0 Å². The van der Waals surface area contributed by atoms with Crippen LogP contribution in [0.3, 0.4) is 0 Å². The van der Waals surface area contributed by atoms with Gasteiger partial charge in [0, 0.05) is 11.1 Å². The summed E-state index contributed by atoms with van der Waals surface area (Å²) in [7, 11) is -1.74. The molecule has 0 radical (unpaired) electrons. The van der Waals surface area contributed by atoms with Crippen LogP contribution in [0.5, 0.6) is 5.75 Å². The summed E-state index contributed by atoms with van der Waals surface area (Å²) in [6, 6.07) is 15.0. The Morgan fingerprint density at radius 2 is 1.41 bits per heavy atom. The molecule has 0 aromatic heterocycles. The maximum absolute atomic E-state index is 13.1. The lowest BCUT2D eigenvalue weighted by Gasteiger charge is -2.20. The van der Waals surface area contributed by atoms with Crippen LogP contribution in [0.1, 0.15) is 13.8 Å². The van der Waals surface area contributed by atoms with Crippen molar-refractivity contribution in [3.63, 3.8) is 0 Å². The minimum Gasteiger partial charge on any atom is -0.496 e. The summed E-state index contributed by atoms with van der Waals surface area (Å²) in [6.07, 6.45) is 0. The van der Waals surface area contributed by atoms with Gasteiger partial charge in [0.25, 0.3) is 0 Å². The van der Waals surface area contributed by atoms with E-state index in [9.17, 15) is 4.57 Å². The van der Waals surface area contributed by atoms with Crippen molar-refractivity contribution in [1.29, 1.82) is 0 Å². The van der Waals surface area contributed by atoms with E-state index >= 15 is 0 Å². The lowest BCUT2D eigenvalue weighted by Crippen LogP contribution is -2.13. The van der Waals surface area contributed by atoms with Crippen molar-refractivity contribution in [3.05, 3.63) is 48.5 Å². The van der Waals surface area contributed by atoms with Gasteiger partial charge in [0.15, 0.2) is 0 Å². The van der Waals surface area contributed by atoms with E-state index in [2.05, 4.69) is 0 Å². The van der Waals surface area contributed by atoms with Crippen LogP contribution in [0.4, 0.5) is 0 Å². The van der Waals surface area contributed by atoms with Crippen molar-refractivity contribution in [2.24, 2.45) is 0 Å². The van der Waals surface area contributed by atoms with Crippen molar-refractivity contribution in [1.82, 2.24) is 0 Å². The molecule has 0 saturated heterocycles. The van der Waals surface area contributed by atoms with Gasteiger partial charge in [0.2, 0.25) is 0 Å². The Morgan fingerprint density at radius 3 is 2.00 bits per heavy atom. The third-order valence-corrected chi connectivity index (χ3v) is 5.37. The number of hydrogen-bond donors (Lipinski definition) is 0. The average molecular weight is 320 g/mol. The predicted octanol–water partition coefficient (Wildman–Crippen LogP) is 4.25. The molecule has 0 fully saturated rings. The lowest BCUT2D eigenvalue weighted by atomic mass is 10.0. The zero-order valence-corrected chi connectivity index (χ0v) is 14.0. The molecule has 0 spiro atoms. The van der Waals surface area contributed by atoms with Crippen LogP contribution < -0.4 is 10.0 Å². The van der Waals surface area contributed by atoms with Crippen molar-refractivity contribution in [3.8, 4) is 16.9 Å². The summed E-state index contributed by atoms with van der Waals surface area (Å²) >= 11 is 0. The first-order chi connectivity index (χ1) is 10.7. The quantitative estimate of drug-likeness (QED) is 0.715. The van der Waals surface area contributed by atoms with Gasteiger partial charge in [-0.1, -0.05) is 36.4 Å². The fraction of sp³-hybridized carbons (Fsp3) is 0.294. The Labute approximate surface area is 131 Å². The van der Waals surface area contributed by atoms with Crippen molar-refractivity contribution < 1.29 is 18.3 Å². The summed E-state index contributed by atoms with van der Waals surface area (Å²) in [5, 5.41) is 0.559. The Morgan fingerprint density at radius 1 is 0.864 bits per heavy atom. The van der Waals surface area contributed by atoms with Crippen molar-refractivity contribution >= 4 is 12.9 Å². The molecule has 2 aromatic rings. The van der Waals surface area contributed by atoms with Gasteiger partial charge in [-0.2, -0.15) is 0 Å². The standard InChI is InChI=1S/C17H21O4P/c1-4-20-22(18,21-5-2)17-13-9-7-11-15(17)14-10-6-8-12-16(14)19-3/h6-13H,4-5H2,1-3H3. The van der Waals surface area contributed by atoms with Crippen LogP contribution in [0.25, 0.3) is 11.1 Å². The van der Waals surface area contributed by atoms with Crippen LogP contribution in [0.15, 0.2) is 48.5 Å². The first-order valence-electron chi connectivity index (χ1n) is 7.28. The monoisotopic (exact) mass is 320 g/mol. The molecule has 0 aliphatic carbocycles. The number of rotatable bonds is 7. The van der Waals surface area contributed by atoms with Gasteiger partial charge in [0.05, 0.1) is 25.6 Å². The summed E-state index contributed by atoms with van der Waals surface area (Å²) in [5.74, 6) is 0.717. The van der Waals surface area contributed by atoms with Crippen LogP contribution in [0, 0.1) is 0 Å². The second kappa shape index (κ2) is 7.59. The molecule has 0 aliphatic rings. The van der Waals surface area contributed by atoms with Crippen molar-refractivity contribution in [2.75, 3.05) is 20.3 Å². The second-order valence-electron chi connectivity index (χ2n) is 4.55. The number of benzene rings is 2. The molecule has 0 aliphatic heterocycles. The van der Waals surface area contributed by atoms with E-state index in [4.69, 9.17) is 13.8 Å². The molecule has 0 heterocycles. The first-order valence-corrected chi connectivity index (χ1v) is 8.82. The Bertz CT molecular complexity index is 659. The molecule has 22 heavy (non-hydrogen) atoms. The predicted molar refractivity (Wildman–Crippen MR) is 88.9 cm³/mol. The average Bonchev–Trinajstić information content (AvgIpc) is 2.55. The molecule has 5 heteroatoms. The zero-order valence-electron chi connectivity index (χ0n) is 13.1. The van der Waals surface area contributed by atoms with E-state index in [1.807, 2.05) is 42.5 Å². The van der Waals surface area contributed by atoms with Crippen molar-refractivity contribution in [2.45, 2.75) is 13.8 Å². The highest BCUT2D eigenvalue weighted by Gasteiger charge is 2.30. The van der Waals surface area contributed by atoms with Crippen LogP contribution in [-0.2, 0) is 13.6 Å². The highest BCUT2D eigenvalue weighted by Crippen LogP contribution is 2.49. The molecular weight excluding hydrogens is 299 g/mol. The number of para-hydroxylation sites is 1. The minimum absolute atomic E-state index is 0.317. The molecule has 0 bridgehead atoms. The molecule has 0 atom stereocenters. The first kappa shape index (κ1) is 16.8. The van der Waals surface area contributed by atoms with Crippen LogP contribution in [0.2, 0.25) is 0 Å². The van der Waals surface area contributed by atoms with E-state index in [0.717, 1.165) is 16.9 Å². The molecule has 0 saturated carbocycles. The van der Waals surface area contributed by atoms with Gasteiger partial charge in [-0.25, -0.2) is 0 Å². The molecule has 118 valence electrons. The largest absolute Gasteiger partial charge is 0.496 e. The number of methoxy groups -OCH3 is 1. The topological polar surface area (TPSA) is 44.8 Å². The second-order valence-corrected chi connectivity index (χ2v) is 6.54. The summed E-state index contributed by atoms with van der Waals surface area (Å²) in [5.41, 5.74) is 1.66. The Hall–Kier alpha value is -1.61. The number of ether oxygens (including phenoxy) is 1. The molecule has 0 amide bonds. The number of hydrogen-bond acceptors (Lipinski definition) is 4. The van der Waals surface area contributed by atoms with Gasteiger partial charge in [-0.05, 0) is 26.0 Å². The smallest absolute Gasteiger partial charge is 0.361 e. The highest BCUT2D eigenvalue weighted by molar-refractivity contribution is 7.62. The highest BCUT2D eigenvalue weighted by atomic mass is 31.2. The SMILES string of the molecule is CCOP(=O)(OCC)c1ccccc1-c1ccccc1OC. The summed E-state index contributed by atoms with van der Waals surface area (Å²) < 4.78 is 29.5. The molecule has 2 aromatic carbocycles. The Kier molecular flexibility index (Phi) is 5.78. The van der Waals surface area contributed by atoms with Gasteiger partial charge in [-0.15, -0.1) is 0 Å². The van der Waals surface area contributed by atoms with E-state index in [-0.39, 0.29) is 0 Å². The molecule has 2 rings (SSSR count). The fourth-order valence-corrected chi connectivity index (χ4v) is 4.11. The third-order valence-electron chi connectivity index (χ3n) is 3.19. The van der Waals surface area contributed by atoms with Crippen LogP contribution >= 0.6 is 7.60 Å². The maximum Gasteiger partial charge on any atom is 0.361 e. The molecule has 4 nitrogen and oxygen atoms in total. The van der Waals surface area contributed by atoms with Gasteiger partial charge in [-0.3, -0.25) is 4.57 Å². The maximum atomic E-state index is 13.1.